The van der Waals surface area contributed by atoms with Crippen LogP contribution in [-0.2, 0) is 11.2 Å². The first kappa shape index (κ1) is 14.2. The van der Waals surface area contributed by atoms with Crippen molar-refractivity contribution in [3.63, 3.8) is 0 Å². The molecular formula is C19H23NO. The number of carbonyl (C=O) groups excluding carboxylic acids is 1. The van der Waals surface area contributed by atoms with Crippen LogP contribution in [0.1, 0.15) is 50.6 Å². The number of benzene rings is 1. The number of para-hydroxylation sites is 1. The summed E-state index contributed by atoms with van der Waals surface area (Å²) in [6.07, 6.45) is 9.01. The lowest BCUT2D eigenvalue weighted by atomic mass is 9.85. The second-order valence-corrected chi connectivity index (χ2v) is 6.25. The van der Waals surface area contributed by atoms with E-state index in [9.17, 15) is 4.79 Å². The number of carbonyl (C=O) groups is 1. The highest BCUT2D eigenvalue weighted by molar-refractivity contribution is 5.82. The Hall–Kier alpha value is -1.70. The Morgan fingerprint density at radius 3 is 2.71 bits per heavy atom. The summed E-state index contributed by atoms with van der Waals surface area (Å²) in [7, 11) is 0. The molecule has 0 radical (unpaired) electrons. The van der Waals surface area contributed by atoms with Crippen LogP contribution >= 0.6 is 0 Å². The highest BCUT2D eigenvalue weighted by Gasteiger charge is 2.15. The molecular weight excluding hydrogens is 258 g/mol. The number of hydrogen-bond donors (Lipinski definition) is 0. The number of ketones is 1. The minimum atomic E-state index is 0.336. The van der Waals surface area contributed by atoms with Crippen LogP contribution in [-0.4, -0.2) is 10.8 Å². The normalized spacial score (nSPS) is 16.2. The molecule has 0 amide bonds. The van der Waals surface area contributed by atoms with E-state index in [-0.39, 0.29) is 0 Å². The molecule has 0 saturated heterocycles. The van der Waals surface area contributed by atoms with Crippen LogP contribution in [0.2, 0.25) is 0 Å². The Bertz CT molecular complexity index is 614. The average molecular weight is 281 g/mol. The third-order valence-corrected chi connectivity index (χ3v) is 4.59. The zero-order chi connectivity index (χ0) is 14.5. The van der Waals surface area contributed by atoms with Crippen molar-refractivity contribution in [1.29, 1.82) is 0 Å². The molecule has 1 aliphatic rings. The third-order valence-electron chi connectivity index (χ3n) is 4.59. The molecule has 0 unspecified atom stereocenters. The maximum Gasteiger partial charge on any atom is 0.138 e. The van der Waals surface area contributed by atoms with Gasteiger partial charge in [-0.05, 0) is 24.5 Å². The minimum absolute atomic E-state index is 0.336. The van der Waals surface area contributed by atoms with Gasteiger partial charge in [0.1, 0.15) is 5.78 Å². The Morgan fingerprint density at radius 2 is 1.86 bits per heavy atom. The van der Waals surface area contributed by atoms with E-state index >= 15 is 0 Å². The summed E-state index contributed by atoms with van der Waals surface area (Å²) < 4.78 is 0. The molecule has 3 rings (SSSR count). The number of nitrogens with zero attached hydrogens (tertiary/aromatic N) is 1. The van der Waals surface area contributed by atoms with Crippen molar-refractivity contribution < 1.29 is 4.79 Å². The zero-order valence-corrected chi connectivity index (χ0v) is 12.6. The summed E-state index contributed by atoms with van der Waals surface area (Å²) in [6, 6.07) is 12.1. The molecule has 2 nitrogen and oxygen atoms in total. The molecule has 2 heteroatoms. The first-order valence-electron chi connectivity index (χ1n) is 8.17. The number of fused-ring (bicyclic) bond motifs is 1. The lowest BCUT2D eigenvalue weighted by molar-refractivity contribution is -0.118. The van der Waals surface area contributed by atoms with Crippen LogP contribution in [0.3, 0.4) is 0 Å². The summed E-state index contributed by atoms with van der Waals surface area (Å²) in [5.41, 5.74) is 1.89. The minimum Gasteiger partial charge on any atom is -0.299 e. The Balaban J connectivity index is 1.55. The summed E-state index contributed by atoms with van der Waals surface area (Å²) >= 11 is 0. The first-order chi connectivity index (χ1) is 10.3. The molecule has 110 valence electrons. The van der Waals surface area contributed by atoms with Crippen LogP contribution in [0.5, 0.6) is 0 Å². The predicted molar refractivity (Wildman–Crippen MR) is 86.3 cm³/mol. The van der Waals surface area contributed by atoms with Gasteiger partial charge in [0.05, 0.1) is 5.52 Å². The van der Waals surface area contributed by atoms with Crippen molar-refractivity contribution in [2.75, 3.05) is 0 Å². The first-order valence-corrected chi connectivity index (χ1v) is 8.17. The fourth-order valence-corrected chi connectivity index (χ4v) is 3.34. The summed E-state index contributed by atoms with van der Waals surface area (Å²) in [5.74, 6) is 1.12. The van der Waals surface area contributed by atoms with E-state index in [1.807, 2.05) is 24.3 Å². The molecule has 0 atom stereocenters. The zero-order valence-electron chi connectivity index (χ0n) is 12.6. The van der Waals surface area contributed by atoms with Crippen molar-refractivity contribution >= 4 is 16.7 Å². The fraction of sp³-hybridized carbons (Fsp3) is 0.474. The average Bonchev–Trinajstić information content (AvgIpc) is 2.54. The highest BCUT2D eigenvalue weighted by atomic mass is 16.1. The molecule has 1 aliphatic carbocycles. The highest BCUT2D eigenvalue weighted by Crippen LogP contribution is 2.27. The molecule has 1 saturated carbocycles. The van der Waals surface area contributed by atoms with Gasteiger partial charge in [-0.1, -0.05) is 56.4 Å². The monoisotopic (exact) mass is 281 g/mol. The number of hydrogen-bond acceptors (Lipinski definition) is 2. The van der Waals surface area contributed by atoms with Crippen molar-refractivity contribution in [1.82, 2.24) is 4.98 Å². The lowest BCUT2D eigenvalue weighted by Gasteiger charge is -2.20. The summed E-state index contributed by atoms with van der Waals surface area (Å²) in [5, 5.41) is 1.14. The third kappa shape index (κ3) is 3.90. The fourth-order valence-electron chi connectivity index (χ4n) is 3.34. The van der Waals surface area contributed by atoms with Crippen LogP contribution < -0.4 is 0 Å². The largest absolute Gasteiger partial charge is 0.299 e. The molecule has 0 aliphatic heterocycles. The molecule has 2 aromatic rings. The van der Waals surface area contributed by atoms with Gasteiger partial charge in [-0.2, -0.15) is 0 Å². The van der Waals surface area contributed by atoms with Crippen molar-refractivity contribution in [3.8, 4) is 0 Å². The van der Waals surface area contributed by atoms with Gasteiger partial charge in [0.15, 0.2) is 0 Å². The van der Waals surface area contributed by atoms with Gasteiger partial charge in [0, 0.05) is 23.9 Å². The Labute approximate surface area is 126 Å². The molecule has 0 bridgehead atoms. The predicted octanol–water partition coefficient (Wildman–Crippen LogP) is 4.71. The van der Waals surface area contributed by atoms with Crippen LogP contribution in [0.25, 0.3) is 10.9 Å². The maximum atomic E-state index is 12.2. The van der Waals surface area contributed by atoms with Gasteiger partial charge >= 0.3 is 0 Å². The summed E-state index contributed by atoms with van der Waals surface area (Å²) in [4.78, 5) is 16.7. The second kappa shape index (κ2) is 6.84. The SMILES string of the molecule is O=C(CCC1CCCCC1)Cc1ccc2ccccc2n1. The van der Waals surface area contributed by atoms with E-state index in [1.54, 1.807) is 0 Å². The van der Waals surface area contributed by atoms with Gasteiger partial charge in [0.25, 0.3) is 0 Å². The van der Waals surface area contributed by atoms with E-state index in [2.05, 4.69) is 17.1 Å². The van der Waals surface area contributed by atoms with E-state index < -0.39 is 0 Å². The number of pyridine rings is 1. The van der Waals surface area contributed by atoms with Gasteiger partial charge in [-0.3, -0.25) is 9.78 Å². The van der Waals surface area contributed by atoms with Crippen LogP contribution in [0.4, 0.5) is 0 Å². The van der Waals surface area contributed by atoms with Crippen LogP contribution in [0, 0.1) is 5.92 Å². The van der Waals surface area contributed by atoms with Crippen molar-refractivity contribution in [2.24, 2.45) is 5.92 Å². The molecule has 0 spiro atoms. The number of rotatable bonds is 5. The number of aromatic nitrogens is 1. The Kier molecular flexibility index (Phi) is 4.64. The van der Waals surface area contributed by atoms with E-state index in [1.165, 1.54) is 32.1 Å². The van der Waals surface area contributed by atoms with E-state index in [4.69, 9.17) is 0 Å². The van der Waals surface area contributed by atoms with Gasteiger partial charge < -0.3 is 0 Å². The molecule has 1 aromatic heterocycles. The van der Waals surface area contributed by atoms with Crippen LogP contribution in [0.15, 0.2) is 36.4 Å². The Morgan fingerprint density at radius 1 is 1.05 bits per heavy atom. The summed E-state index contributed by atoms with van der Waals surface area (Å²) in [6.45, 7) is 0. The van der Waals surface area contributed by atoms with Crippen molar-refractivity contribution in [3.05, 3.63) is 42.1 Å². The van der Waals surface area contributed by atoms with Gasteiger partial charge in [-0.25, -0.2) is 0 Å². The van der Waals surface area contributed by atoms with Crippen molar-refractivity contribution in [2.45, 2.75) is 51.4 Å². The maximum absolute atomic E-state index is 12.2. The molecule has 1 fully saturated rings. The smallest absolute Gasteiger partial charge is 0.138 e. The van der Waals surface area contributed by atoms with Gasteiger partial charge in [0.2, 0.25) is 0 Å². The van der Waals surface area contributed by atoms with Gasteiger partial charge in [-0.15, -0.1) is 0 Å². The molecule has 1 aromatic carbocycles. The molecule has 1 heterocycles. The second-order valence-electron chi connectivity index (χ2n) is 6.25. The lowest BCUT2D eigenvalue weighted by Crippen LogP contribution is -2.10. The number of Topliss-reactive ketones (excluding diaryl/α,β-unsaturated/α-hetero) is 1. The van der Waals surface area contributed by atoms with E-state index in [0.29, 0.717) is 12.2 Å². The molecule has 21 heavy (non-hydrogen) atoms. The molecule has 0 N–H and O–H groups in total. The topological polar surface area (TPSA) is 30.0 Å². The quantitative estimate of drug-likeness (QED) is 0.794. The standard InChI is InChI=1S/C19H23NO/c21-18(13-10-15-6-2-1-3-7-15)14-17-12-11-16-8-4-5-9-19(16)20-17/h4-5,8-9,11-12,15H,1-3,6-7,10,13-14H2. The van der Waals surface area contributed by atoms with E-state index in [0.717, 1.165) is 35.4 Å².